The van der Waals surface area contributed by atoms with Gasteiger partial charge >= 0.3 is 0 Å². The summed E-state index contributed by atoms with van der Waals surface area (Å²) < 4.78 is 6.79. The molecule has 28 heavy (non-hydrogen) atoms. The number of anilines is 1. The molecule has 1 atom stereocenters. The van der Waals surface area contributed by atoms with Crippen LogP contribution < -0.4 is 9.64 Å². The van der Waals surface area contributed by atoms with E-state index < -0.39 is 5.72 Å². The van der Waals surface area contributed by atoms with E-state index in [1.807, 2.05) is 6.21 Å². The Kier molecular flexibility index (Phi) is 3.32. The molecular formula is C25H26N2O. The van der Waals surface area contributed by atoms with Crippen molar-refractivity contribution in [2.75, 3.05) is 11.9 Å². The van der Waals surface area contributed by atoms with Gasteiger partial charge in [0.25, 0.3) is 0 Å². The summed E-state index contributed by atoms with van der Waals surface area (Å²) in [4.78, 5) is 7.23. The lowest BCUT2D eigenvalue weighted by molar-refractivity contribution is 0.0826. The number of benzene rings is 3. The number of fused-ring (bicyclic) bond motifs is 4. The van der Waals surface area contributed by atoms with Gasteiger partial charge in [-0.2, -0.15) is 0 Å². The van der Waals surface area contributed by atoms with Gasteiger partial charge in [-0.25, -0.2) is 0 Å². The topological polar surface area (TPSA) is 24.8 Å². The maximum absolute atomic E-state index is 6.79. The number of likely N-dealkylation sites (N-methyl/N-ethyl adjacent to an activating group) is 1. The van der Waals surface area contributed by atoms with Crippen molar-refractivity contribution in [1.82, 2.24) is 0 Å². The van der Waals surface area contributed by atoms with Gasteiger partial charge < -0.3 is 9.64 Å². The Labute approximate surface area is 166 Å². The number of hydrogen-bond donors (Lipinski definition) is 0. The van der Waals surface area contributed by atoms with Crippen LogP contribution in [0.1, 0.15) is 36.1 Å². The van der Waals surface area contributed by atoms with E-state index in [4.69, 9.17) is 9.73 Å². The molecule has 3 aromatic carbocycles. The first-order valence-corrected chi connectivity index (χ1v) is 9.88. The number of rotatable bonds is 0. The molecular weight excluding hydrogens is 344 g/mol. The van der Waals surface area contributed by atoms with Gasteiger partial charge in [-0.15, -0.1) is 0 Å². The lowest BCUT2D eigenvalue weighted by Gasteiger charge is -2.45. The second kappa shape index (κ2) is 5.38. The van der Waals surface area contributed by atoms with Crippen LogP contribution in [0.2, 0.25) is 0 Å². The Morgan fingerprint density at radius 3 is 2.43 bits per heavy atom. The summed E-state index contributed by atoms with van der Waals surface area (Å²) in [7, 11) is 2.12. The third-order valence-electron chi connectivity index (χ3n) is 6.79. The zero-order valence-electron chi connectivity index (χ0n) is 17.4. The third-order valence-corrected chi connectivity index (χ3v) is 6.79. The van der Waals surface area contributed by atoms with Crippen LogP contribution in [0.15, 0.2) is 47.5 Å². The Balaban J connectivity index is 1.71. The highest BCUT2D eigenvalue weighted by molar-refractivity contribution is 6.00. The predicted molar refractivity (Wildman–Crippen MR) is 118 cm³/mol. The minimum atomic E-state index is -0.639. The standard InChI is InChI=1S/C25H26N2O/c1-15-7-8-18-9-10-22-23(19(18)11-15)26-14-25(28-22)24(4,5)20-12-16(2)17(3)13-21(20)27(25)6/h7-14H,1-6H3. The molecule has 3 aromatic rings. The molecule has 142 valence electrons. The minimum Gasteiger partial charge on any atom is -0.459 e. The summed E-state index contributed by atoms with van der Waals surface area (Å²) in [5.74, 6) is 0.849. The van der Waals surface area contributed by atoms with E-state index in [0.717, 1.165) is 16.8 Å². The maximum atomic E-state index is 6.79. The highest BCUT2D eigenvalue weighted by Gasteiger charge is 2.58. The molecule has 0 saturated carbocycles. The molecule has 2 heterocycles. The molecule has 0 N–H and O–H groups in total. The fraction of sp³-hybridized carbons (Fsp3) is 0.320. The number of aryl methyl sites for hydroxylation is 3. The van der Waals surface area contributed by atoms with E-state index in [2.05, 4.69) is 89.0 Å². The van der Waals surface area contributed by atoms with E-state index in [1.165, 1.54) is 33.3 Å². The predicted octanol–water partition coefficient (Wildman–Crippen LogP) is 5.98. The molecule has 0 amide bonds. The number of nitrogens with zero attached hydrogens (tertiary/aromatic N) is 2. The fourth-order valence-corrected chi connectivity index (χ4v) is 4.77. The van der Waals surface area contributed by atoms with Crippen molar-refractivity contribution in [3.63, 3.8) is 0 Å². The van der Waals surface area contributed by atoms with E-state index in [1.54, 1.807) is 0 Å². The number of ether oxygens (including phenoxy) is 1. The van der Waals surface area contributed by atoms with Crippen LogP contribution in [0.4, 0.5) is 11.4 Å². The highest BCUT2D eigenvalue weighted by Crippen LogP contribution is 2.54. The molecule has 0 radical (unpaired) electrons. The van der Waals surface area contributed by atoms with Crippen molar-refractivity contribution in [2.45, 2.75) is 45.8 Å². The molecule has 3 heteroatoms. The first-order valence-electron chi connectivity index (χ1n) is 9.88. The maximum Gasteiger partial charge on any atom is 0.228 e. The second-order valence-corrected chi connectivity index (χ2v) is 8.83. The fourth-order valence-electron chi connectivity index (χ4n) is 4.77. The van der Waals surface area contributed by atoms with Crippen molar-refractivity contribution in [1.29, 1.82) is 0 Å². The van der Waals surface area contributed by atoms with E-state index in [0.29, 0.717) is 0 Å². The minimum absolute atomic E-state index is 0.238. The molecule has 0 saturated heterocycles. The van der Waals surface area contributed by atoms with Crippen molar-refractivity contribution < 1.29 is 4.74 Å². The van der Waals surface area contributed by atoms with Crippen LogP contribution >= 0.6 is 0 Å². The third kappa shape index (κ3) is 2.02. The van der Waals surface area contributed by atoms with Crippen molar-refractivity contribution in [3.8, 4) is 5.75 Å². The summed E-state index contributed by atoms with van der Waals surface area (Å²) in [6, 6.07) is 15.3. The van der Waals surface area contributed by atoms with Gasteiger partial charge in [0, 0.05) is 18.1 Å². The highest BCUT2D eigenvalue weighted by atomic mass is 16.5. The summed E-state index contributed by atoms with van der Waals surface area (Å²) in [6.07, 6.45) is 2.02. The van der Waals surface area contributed by atoms with Crippen LogP contribution in [-0.4, -0.2) is 19.0 Å². The van der Waals surface area contributed by atoms with Gasteiger partial charge in [-0.1, -0.05) is 29.8 Å². The first kappa shape index (κ1) is 17.3. The second-order valence-electron chi connectivity index (χ2n) is 8.83. The van der Waals surface area contributed by atoms with Crippen molar-refractivity contribution in [2.24, 2.45) is 4.99 Å². The van der Waals surface area contributed by atoms with Gasteiger partial charge in [-0.05, 0) is 74.9 Å². The monoisotopic (exact) mass is 370 g/mol. The van der Waals surface area contributed by atoms with E-state index >= 15 is 0 Å². The molecule has 0 aromatic heterocycles. The summed E-state index contributed by atoms with van der Waals surface area (Å²) >= 11 is 0. The Hall–Kier alpha value is -2.81. The number of aliphatic imine (C=N–C) groups is 1. The van der Waals surface area contributed by atoms with E-state index in [9.17, 15) is 0 Å². The van der Waals surface area contributed by atoms with Crippen LogP contribution in [-0.2, 0) is 5.41 Å². The average molecular weight is 370 g/mol. The molecule has 0 aliphatic carbocycles. The summed E-state index contributed by atoms with van der Waals surface area (Å²) in [5, 5.41) is 2.33. The van der Waals surface area contributed by atoms with Crippen LogP contribution in [0, 0.1) is 20.8 Å². The quantitative estimate of drug-likeness (QED) is 0.486. The van der Waals surface area contributed by atoms with Crippen molar-refractivity contribution >= 4 is 28.4 Å². The summed E-state index contributed by atoms with van der Waals surface area (Å²) in [5.41, 5.74) is 6.43. The van der Waals surface area contributed by atoms with Crippen LogP contribution in [0.5, 0.6) is 5.75 Å². The Morgan fingerprint density at radius 1 is 0.929 bits per heavy atom. The molecule has 1 unspecified atom stereocenters. The molecule has 0 fully saturated rings. The molecule has 0 bridgehead atoms. The lowest BCUT2D eigenvalue weighted by atomic mass is 9.77. The Bertz CT molecular complexity index is 1170. The molecule has 2 aliphatic heterocycles. The van der Waals surface area contributed by atoms with Crippen LogP contribution in [0.3, 0.4) is 0 Å². The summed E-state index contributed by atoms with van der Waals surface area (Å²) in [6.45, 7) is 11.0. The SMILES string of the molecule is Cc1ccc2ccc3c(c2c1)N=CC1(O3)N(C)c2cc(C)c(C)cc2C1(C)C. The first-order chi connectivity index (χ1) is 13.2. The lowest BCUT2D eigenvalue weighted by Crippen LogP contribution is -2.61. The van der Waals surface area contributed by atoms with E-state index in [-0.39, 0.29) is 5.41 Å². The zero-order valence-corrected chi connectivity index (χ0v) is 17.4. The van der Waals surface area contributed by atoms with Gasteiger partial charge in [0.05, 0.1) is 11.6 Å². The normalized spacial score (nSPS) is 21.7. The zero-order chi connectivity index (χ0) is 19.8. The Morgan fingerprint density at radius 2 is 1.64 bits per heavy atom. The van der Waals surface area contributed by atoms with Gasteiger partial charge in [0.15, 0.2) is 0 Å². The van der Waals surface area contributed by atoms with Gasteiger partial charge in [-0.3, -0.25) is 4.99 Å². The van der Waals surface area contributed by atoms with Crippen molar-refractivity contribution in [3.05, 3.63) is 64.7 Å². The molecule has 5 rings (SSSR count). The molecule has 3 nitrogen and oxygen atoms in total. The molecule has 2 aliphatic rings. The van der Waals surface area contributed by atoms with Gasteiger partial charge in [0.2, 0.25) is 5.72 Å². The van der Waals surface area contributed by atoms with Crippen LogP contribution in [0.25, 0.3) is 10.8 Å². The van der Waals surface area contributed by atoms with Gasteiger partial charge in [0.1, 0.15) is 11.4 Å². The molecule has 1 spiro atoms. The smallest absolute Gasteiger partial charge is 0.228 e. The number of hydrogen-bond acceptors (Lipinski definition) is 3. The average Bonchev–Trinajstić information content (AvgIpc) is 2.81. The largest absolute Gasteiger partial charge is 0.459 e.